The number of benzene rings is 1. The molecule has 1 fully saturated rings. The van der Waals surface area contributed by atoms with E-state index in [1.165, 1.54) is 24.9 Å². The van der Waals surface area contributed by atoms with E-state index in [1.807, 2.05) is 12.1 Å². The van der Waals surface area contributed by atoms with Crippen LogP contribution in [-0.2, 0) is 0 Å². The van der Waals surface area contributed by atoms with Crippen LogP contribution in [-0.4, -0.2) is 42.1 Å². The summed E-state index contributed by atoms with van der Waals surface area (Å²) >= 11 is 0. The third-order valence-electron chi connectivity index (χ3n) is 3.75. The zero-order chi connectivity index (χ0) is 13.7. The van der Waals surface area contributed by atoms with Crippen LogP contribution in [0.25, 0.3) is 0 Å². The van der Waals surface area contributed by atoms with Crippen molar-refractivity contribution < 1.29 is 10.2 Å². The van der Waals surface area contributed by atoms with Gasteiger partial charge in [0.25, 0.3) is 0 Å². The van der Waals surface area contributed by atoms with Crippen LogP contribution in [0.15, 0.2) is 24.3 Å². The second kappa shape index (κ2) is 6.78. The normalized spacial score (nSPS) is 21.2. The molecular weight excluding hydrogens is 240 g/mol. The highest BCUT2D eigenvalue weighted by molar-refractivity contribution is 5.55. The van der Waals surface area contributed by atoms with Gasteiger partial charge in [-0.15, -0.1) is 0 Å². The van der Waals surface area contributed by atoms with Crippen LogP contribution in [0.2, 0.25) is 0 Å². The lowest BCUT2D eigenvalue weighted by Crippen LogP contribution is -2.37. The molecule has 1 saturated heterocycles. The summed E-state index contributed by atoms with van der Waals surface area (Å²) in [5.41, 5.74) is 2.24. The van der Waals surface area contributed by atoms with Gasteiger partial charge < -0.3 is 20.4 Å². The maximum Gasteiger partial charge on any atom is 0.0942 e. The fourth-order valence-corrected chi connectivity index (χ4v) is 2.55. The summed E-state index contributed by atoms with van der Waals surface area (Å²) in [6, 6.07) is 8.91. The summed E-state index contributed by atoms with van der Waals surface area (Å²) in [5, 5.41) is 21.2. The second-order valence-corrected chi connectivity index (χ2v) is 5.30. The molecule has 0 aliphatic carbocycles. The Bertz CT molecular complexity index is 380. The number of nitrogens with one attached hydrogen (secondary N) is 1. The number of nitrogens with zero attached hydrogens (tertiary/aromatic N) is 1. The number of anilines is 2. The van der Waals surface area contributed by atoms with Gasteiger partial charge in [0.15, 0.2) is 0 Å². The summed E-state index contributed by atoms with van der Waals surface area (Å²) in [5.74, 6) is 0. The summed E-state index contributed by atoms with van der Waals surface area (Å²) in [6.07, 6.45) is 3.16. The van der Waals surface area contributed by atoms with Crippen molar-refractivity contribution in [2.45, 2.75) is 38.3 Å². The van der Waals surface area contributed by atoms with E-state index in [-0.39, 0.29) is 6.61 Å². The Kier molecular flexibility index (Phi) is 5.05. The van der Waals surface area contributed by atoms with E-state index in [2.05, 4.69) is 29.3 Å². The largest absolute Gasteiger partial charge is 0.394 e. The average Bonchev–Trinajstić information content (AvgIpc) is 2.46. The first-order chi connectivity index (χ1) is 9.20. The molecule has 3 N–H and O–H groups in total. The highest BCUT2D eigenvalue weighted by Crippen LogP contribution is 2.25. The number of piperidine rings is 1. The Morgan fingerprint density at radius 1 is 1.32 bits per heavy atom. The van der Waals surface area contributed by atoms with Gasteiger partial charge in [0, 0.05) is 30.5 Å². The van der Waals surface area contributed by atoms with Gasteiger partial charge in [-0.3, -0.25) is 0 Å². The minimum atomic E-state index is -0.707. The van der Waals surface area contributed by atoms with Crippen molar-refractivity contribution in [3.8, 4) is 0 Å². The first kappa shape index (κ1) is 14.2. The van der Waals surface area contributed by atoms with Crippen LogP contribution >= 0.6 is 0 Å². The van der Waals surface area contributed by atoms with E-state index in [9.17, 15) is 5.11 Å². The highest BCUT2D eigenvalue weighted by Gasteiger charge is 2.18. The maximum absolute atomic E-state index is 9.29. The molecule has 2 unspecified atom stereocenters. The van der Waals surface area contributed by atoms with Crippen molar-refractivity contribution in [3.63, 3.8) is 0 Å². The fraction of sp³-hybridized carbons (Fsp3) is 0.600. The summed E-state index contributed by atoms with van der Waals surface area (Å²) in [4.78, 5) is 2.45. The van der Waals surface area contributed by atoms with E-state index in [0.717, 1.165) is 12.2 Å². The van der Waals surface area contributed by atoms with Crippen LogP contribution in [0.3, 0.4) is 0 Å². The molecule has 0 radical (unpaired) electrons. The molecule has 19 heavy (non-hydrogen) atoms. The van der Waals surface area contributed by atoms with Gasteiger partial charge in [0.1, 0.15) is 0 Å². The molecule has 4 heteroatoms. The monoisotopic (exact) mass is 264 g/mol. The zero-order valence-electron chi connectivity index (χ0n) is 11.5. The van der Waals surface area contributed by atoms with E-state index in [4.69, 9.17) is 5.11 Å². The number of hydrogen-bond donors (Lipinski definition) is 3. The van der Waals surface area contributed by atoms with Crippen LogP contribution in [0.5, 0.6) is 0 Å². The van der Waals surface area contributed by atoms with Gasteiger partial charge in [0.2, 0.25) is 0 Å². The Balaban J connectivity index is 1.94. The van der Waals surface area contributed by atoms with Crippen molar-refractivity contribution in [2.75, 3.05) is 29.9 Å². The fourth-order valence-electron chi connectivity index (χ4n) is 2.55. The van der Waals surface area contributed by atoms with Gasteiger partial charge in [-0.1, -0.05) is 0 Å². The molecule has 1 aliphatic rings. The predicted octanol–water partition coefficient (Wildman–Crippen LogP) is 1.83. The molecule has 2 rings (SSSR count). The highest BCUT2D eigenvalue weighted by atomic mass is 16.3. The topological polar surface area (TPSA) is 55.7 Å². The van der Waals surface area contributed by atoms with Gasteiger partial charge in [0.05, 0.1) is 12.7 Å². The minimum Gasteiger partial charge on any atom is -0.394 e. The Labute approximate surface area is 115 Å². The molecule has 0 saturated carbocycles. The van der Waals surface area contributed by atoms with E-state index in [0.29, 0.717) is 12.6 Å². The first-order valence-corrected chi connectivity index (χ1v) is 7.10. The Morgan fingerprint density at radius 2 is 2.05 bits per heavy atom. The lowest BCUT2D eigenvalue weighted by molar-refractivity contribution is 0.105. The maximum atomic E-state index is 9.29. The molecule has 1 heterocycles. The molecule has 1 aromatic rings. The van der Waals surface area contributed by atoms with Gasteiger partial charge >= 0.3 is 0 Å². The van der Waals surface area contributed by atoms with Crippen LogP contribution < -0.4 is 10.2 Å². The molecule has 106 valence electrons. The van der Waals surface area contributed by atoms with Gasteiger partial charge in [-0.2, -0.15) is 0 Å². The molecule has 1 aliphatic heterocycles. The number of aliphatic hydroxyl groups excluding tert-OH is 2. The van der Waals surface area contributed by atoms with Gasteiger partial charge in [-0.25, -0.2) is 0 Å². The van der Waals surface area contributed by atoms with E-state index >= 15 is 0 Å². The second-order valence-electron chi connectivity index (χ2n) is 5.30. The molecule has 0 bridgehead atoms. The molecule has 0 aromatic heterocycles. The summed E-state index contributed by atoms with van der Waals surface area (Å²) in [6.45, 7) is 3.58. The smallest absolute Gasteiger partial charge is 0.0942 e. The minimum absolute atomic E-state index is 0.212. The van der Waals surface area contributed by atoms with Crippen molar-refractivity contribution in [1.29, 1.82) is 0 Å². The number of hydrogen-bond acceptors (Lipinski definition) is 4. The van der Waals surface area contributed by atoms with Crippen LogP contribution in [0.4, 0.5) is 11.4 Å². The molecule has 2 atom stereocenters. The first-order valence-electron chi connectivity index (χ1n) is 7.10. The standard InChI is InChI=1S/C15H24N2O2/c1-12-4-2-3-9-17(12)14-7-5-13(6-8-14)16-10-15(19)11-18/h5-8,12,15-16,18-19H,2-4,9-11H2,1H3. The number of rotatable bonds is 5. The van der Waals surface area contributed by atoms with E-state index in [1.54, 1.807) is 0 Å². The molecule has 4 nitrogen and oxygen atoms in total. The zero-order valence-corrected chi connectivity index (χ0v) is 11.5. The van der Waals surface area contributed by atoms with Crippen molar-refractivity contribution in [1.82, 2.24) is 0 Å². The van der Waals surface area contributed by atoms with Crippen LogP contribution in [0.1, 0.15) is 26.2 Å². The van der Waals surface area contributed by atoms with Crippen molar-refractivity contribution in [3.05, 3.63) is 24.3 Å². The average molecular weight is 264 g/mol. The lowest BCUT2D eigenvalue weighted by Gasteiger charge is -2.35. The lowest BCUT2D eigenvalue weighted by atomic mass is 10.0. The Hall–Kier alpha value is -1.26. The van der Waals surface area contributed by atoms with Crippen molar-refractivity contribution in [2.24, 2.45) is 0 Å². The summed E-state index contributed by atoms with van der Waals surface area (Å²) < 4.78 is 0. The Morgan fingerprint density at radius 3 is 2.68 bits per heavy atom. The quantitative estimate of drug-likeness (QED) is 0.759. The van der Waals surface area contributed by atoms with Gasteiger partial charge in [-0.05, 0) is 50.5 Å². The molecule has 0 spiro atoms. The molecular formula is C15H24N2O2. The molecule has 1 aromatic carbocycles. The predicted molar refractivity (Wildman–Crippen MR) is 78.7 cm³/mol. The summed E-state index contributed by atoms with van der Waals surface area (Å²) in [7, 11) is 0. The SMILES string of the molecule is CC1CCCCN1c1ccc(NCC(O)CO)cc1. The third-order valence-corrected chi connectivity index (χ3v) is 3.75. The van der Waals surface area contributed by atoms with Crippen molar-refractivity contribution >= 4 is 11.4 Å². The third kappa shape index (κ3) is 3.85. The van der Waals surface area contributed by atoms with Crippen LogP contribution in [0, 0.1) is 0 Å². The molecule has 0 amide bonds. The van der Waals surface area contributed by atoms with E-state index < -0.39 is 6.10 Å². The number of aliphatic hydroxyl groups is 2.